The number of carbonyl (C=O) groups excluding carboxylic acids is 1. The van der Waals surface area contributed by atoms with E-state index < -0.39 is 0 Å². The third kappa shape index (κ3) is 4.15. The first-order valence-electron chi connectivity index (χ1n) is 9.13. The Morgan fingerprint density at radius 1 is 1.25 bits per heavy atom. The Labute approximate surface area is 145 Å². The van der Waals surface area contributed by atoms with Crippen molar-refractivity contribution >= 4 is 5.91 Å². The molecule has 0 aromatic heterocycles. The molecular weight excluding hydrogens is 300 g/mol. The first-order valence-corrected chi connectivity index (χ1v) is 9.13. The molecule has 2 aliphatic heterocycles. The van der Waals surface area contributed by atoms with Crippen LogP contribution in [0.2, 0.25) is 0 Å². The van der Waals surface area contributed by atoms with Crippen molar-refractivity contribution in [2.75, 3.05) is 52.9 Å². The van der Waals surface area contributed by atoms with Gasteiger partial charge in [-0.25, -0.2) is 0 Å². The topological polar surface area (TPSA) is 38.8 Å². The zero-order chi connectivity index (χ0) is 16.9. The first-order chi connectivity index (χ1) is 11.6. The van der Waals surface area contributed by atoms with Gasteiger partial charge in [-0.05, 0) is 18.9 Å². The number of likely N-dealkylation sites (tertiary alicyclic amines) is 1. The third-order valence-electron chi connectivity index (χ3n) is 5.53. The number of benzene rings is 1. The minimum Gasteiger partial charge on any atom is -0.338 e. The van der Waals surface area contributed by atoms with Crippen LogP contribution in [0, 0.1) is 0 Å². The fourth-order valence-corrected chi connectivity index (χ4v) is 3.78. The Kier molecular flexibility index (Phi) is 5.87. The van der Waals surface area contributed by atoms with E-state index in [0.29, 0.717) is 12.6 Å². The van der Waals surface area contributed by atoms with Gasteiger partial charge < -0.3 is 10.2 Å². The largest absolute Gasteiger partial charge is 0.338 e. The second kappa shape index (κ2) is 8.10. The number of piperazine rings is 1. The molecule has 1 aromatic rings. The van der Waals surface area contributed by atoms with E-state index in [1.54, 1.807) is 0 Å². The van der Waals surface area contributed by atoms with Crippen molar-refractivity contribution in [2.24, 2.45) is 0 Å². The number of rotatable bonds is 5. The number of hydrogen-bond donors (Lipinski definition) is 1. The van der Waals surface area contributed by atoms with Gasteiger partial charge in [-0.2, -0.15) is 0 Å². The van der Waals surface area contributed by atoms with Gasteiger partial charge in [-0.3, -0.25) is 14.6 Å². The summed E-state index contributed by atoms with van der Waals surface area (Å²) in [5.74, 6) is 0.215. The van der Waals surface area contributed by atoms with E-state index >= 15 is 0 Å². The highest BCUT2D eigenvalue weighted by Gasteiger charge is 2.30. The average Bonchev–Trinajstić information content (AvgIpc) is 3.10. The Morgan fingerprint density at radius 3 is 2.67 bits per heavy atom. The Balaban J connectivity index is 1.49. The molecule has 3 rings (SSSR count). The summed E-state index contributed by atoms with van der Waals surface area (Å²) in [5.41, 5.74) is 1.19. The van der Waals surface area contributed by atoms with Gasteiger partial charge >= 0.3 is 0 Å². The highest BCUT2D eigenvalue weighted by Crippen LogP contribution is 2.20. The highest BCUT2D eigenvalue weighted by molar-refractivity contribution is 5.78. The van der Waals surface area contributed by atoms with Gasteiger partial charge in [-0.1, -0.05) is 30.3 Å². The molecule has 2 aliphatic rings. The molecule has 5 nitrogen and oxygen atoms in total. The summed E-state index contributed by atoms with van der Waals surface area (Å²) in [6.07, 6.45) is 1.19. The summed E-state index contributed by atoms with van der Waals surface area (Å²) in [5, 5.41) is 3.41. The van der Waals surface area contributed by atoms with Crippen LogP contribution in [0.15, 0.2) is 30.3 Å². The molecule has 2 unspecified atom stereocenters. The summed E-state index contributed by atoms with van der Waals surface area (Å²) < 4.78 is 0. The maximum Gasteiger partial charge on any atom is 0.236 e. The van der Waals surface area contributed by atoms with Gasteiger partial charge in [0.25, 0.3) is 0 Å². The predicted molar refractivity (Wildman–Crippen MR) is 96.9 cm³/mol. The average molecular weight is 330 g/mol. The van der Waals surface area contributed by atoms with E-state index in [4.69, 9.17) is 0 Å². The minimum absolute atomic E-state index is 0.116. The van der Waals surface area contributed by atoms with Crippen LogP contribution in [0.3, 0.4) is 0 Å². The Morgan fingerprint density at radius 2 is 1.96 bits per heavy atom. The molecule has 2 saturated heterocycles. The van der Waals surface area contributed by atoms with Crippen LogP contribution in [0.5, 0.6) is 0 Å². The van der Waals surface area contributed by atoms with Crippen LogP contribution in [-0.4, -0.2) is 79.5 Å². The van der Waals surface area contributed by atoms with Crippen molar-refractivity contribution in [3.63, 3.8) is 0 Å². The summed E-state index contributed by atoms with van der Waals surface area (Å²) in [4.78, 5) is 19.4. The third-order valence-corrected chi connectivity index (χ3v) is 5.53. The van der Waals surface area contributed by atoms with Gasteiger partial charge in [0, 0.05) is 52.4 Å². The molecule has 1 N–H and O–H groups in total. The minimum atomic E-state index is 0.116. The SMILES string of the molecule is CC(c1ccccc1)N(C)C(=O)CN1CCC(N2CCNCC2)C1. The summed E-state index contributed by atoms with van der Waals surface area (Å²) >= 11 is 0. The van der Waals surface area contributed by atoms with Gasteiger partial charge in [0.05, 0.1) is 12.6 Å². The van der Waals surface area contributed by atoms with Crippen LogP contribution in [0.4, 0.5) is 0 Å². The Bertz CT molecular complexity index is 529. The highest BCUT2D eigenvalue weighted by atomic mass is 16.2. The Hall–Kier alpha value is -1.43. The molecule has 0 spiro atoms. The predicted octanol–water partition coefficient (Wildman–Crippen LogP) is 1.19. The maximum absolute atomic E-state index is 12.7. The molecule has 0 radical (unpaired) electrons. The molecule has 0 bridgehead atoms. The van der Waals surface area contributed by atoms with Crippen molar-refractivity contribution in [1.82, 2.24) is 20.0 Å². The number of likely N-dealkylation sites (N-methyl/N-ethyl adjacent to an activating group) is 1. The zero-order valence-electron chi connectivity index (χ0n) is 14.9. The lowest BCUT2D eigenvalue weighted by atomic mass is 10.1. The number of hydrogen-bond acceptors (Lipinski definition) is 4. The molecule has 5 heteroatoms. The number of amides is 1. The van der Waals surface area contributed by atoms with E-state index in [9.17, 15) is 4.79 Å². The molecule has 1 amide bonds. The molecule has 132 valence electrons. The molecule has 24 heavy (non-hydrogen) atoms. The fraction of sp³-hybridized carbons (Fsp3) is 0.632. The van der Waals surface area contributed by atoms with Crippen molar-refractivity contribution < 1.29 is 4.79 Å². The summed E-state index contributed by atoms with van der Waals surface area (Å²) in [6.45, 7) is 9.15. The van der Waals surface area contributed by atoms with Crippen LogP contribution >= 0.6 is 0 Å². The van der Waals surface area contributed by atoms with Crippen LogP contribution in [0.1, 0.15) is 24.9 Å². The van der Waals surface area contributed by atoms with Gasteiger partial charge in [0.15, 0.2) is 0 Å². The molecule has 0 aliphatic carbocycles. The zero-order valence-corrected chi connectivity index (χ0v) is 14.9. The number of nitrogens with one attached hydrogen (secondary N) is 1. The fourth-order valence-electron chi connectivity index (χ4n) is 3.78. The van der Waals surface area contributed by atoms with E-state index in [1.807, 2.05) is 30.1 Å². The van der Waals surface area contributed by atoms with E-state index in [2.05, 4.69) is 34.2 Å². The second-order valence-electron chi connectivity index (χ2n) is 7.05. The lowest BCUT2D eigenvalue weighted by molar-refractivity contribution is -0.132. The van der Waals surface area contributed by atoms with Gasteiger partial charge in [-0.15, -0.1) is 0 Å². The van der Waals surface area contributed by atoms with Crippen molar-refractivity contribution in [2.45, 2.75) is 25.4 Å². The summed E-state index contributed by atoms with van der Waals surface area (Å²) in [6, 6.07) is 11.0. The monoisotopic (exact) mass is 330 g/mol. The molecule has 0 saturated carbocycles. The number of nitrogens with zero attached hydrogens (tertiary/aromatic N) is 3. The van der Waals surface area contributed by atoms with Crippen LogP contribution in [0.25, 0.3) is 0 Å². The maximum atomic E-state index is 12.7. The molecular formula is C19H30N4O. The molecule has 2 atom stereocenters. The smallest absolute Gasteiger partial charge is 0.236 e. The molecule has 2 heterocycles. The van der Waals surface area contributed by atoms with Gasteiger partial charge in [0.1, 0.15) is 0 Å². The summed E-state index contributed by atoms with van der Waals surface area (Å²) in [7, 11) is 1.92. The number of carbonyl (C=O) groups is 1. The van der Waals surface area contributed by atoms with Crippen LogP contribution < -0.4 is 5.32 Å². The second-order valence-corrected chi connectivity index (χ2v) is 7.05. The van der Waals surface area contributed by atoms with E-state index in [1.165, 1.54) is 12.0 Å². The van der Waals surface area contributed by atoms with Gasteiger partial charge in [0.2, 0.25) is 5.91 Å². The lowest BCUT2D eigenvalue weighted by Gasteiger charge is -2.33. The standard InChI is InChI=1S/C19H30N4O/c1-16(17-6-4-3-5-7-17)21(2)19(24)15-22-11-8-18(14-22)23-12-9-20-10-13-23/h3-7,16,18,20H,8-15H2,1-2H3. The van der Waals surface area contributed by atoms with Crippen LogP contribution in [-0.2, 0) is 4.79 Å². The van der Waals surface area contributed by atoms with Crippen molar-refractivity contribution in [3.05, 3.63) is 35.9 Å². The quantitative estimate of drug-likeness (QED) is 0.880. The lowest BCUT2D eigenvalue weighted by Crippen LogP contribution is -2.49. The normalized spacial score (nSPS) is 24.0. The van der Waals surface area contributed by atoms with Crippen molar-refractivity contribution in [1.29, 1.82) is 0 Å². The van der Waals surface area contributed by atoms with E-state index in [-0.39, 0.29) is 11.9 Å². The first kappa shape index (κ1) is 17.4. The molecule has 2 fully saturated rings. The van der Waals surface area contributed by atoms with E-state index in [0.717, 1.165) is 39.3 Å². The van der Waals surface area contributed by atoms with Crippen molar-refractivity contribution in [3.8, 4) is 0 Å². The molecule has 1 aromatic carbocycles.